The van der Waals surface area contributed by atoms with Crippen LogP contribution in [0.4, 0.5) is 0 Å². The van der Waals surface area contributed by atoms with Gasteiger partial charge in [-0.25, -0.2) is 0 Å². The van der Waals surface area contributed by atoms with Crippen LogP contribution in [0, 0.1) is 5.92 Å². The maximum absolute atomic E-state index is 5.88. The Labute approximate surface area is 120 Å². The predicted octanol–water partition coefficient (Wildman–Crippen LogP) is 1.72. The first-order chi connectivity index (χ1) is 9.33. The molecule has 2 N–H and O–H groups in total. The van der Waals surface area contributed by atoms with Crippen LogP contribution in [0.2, 0.25) is 5.02 Å². The SMILES string of the molecule is Clc1ccc(CNC[C@H]2C[C@H]2N2CCNCC2)cc1. The summed E-state index contributed by atoms with van der Waals surface area (Å²) in [6.07, 6.45) is 1.37. The van der Waals surface area contributed by atoms with Gasteiger partial charge in [0.2, 0.25) is 0 Å². The van der Waals surface area contributed by atoms with Gasteiger partial charge >= 0.3 is 0 Å². The Balaban J connectivity index is 1.36. The molecule has 1 aliphatic heterocycles. The lowest BCUT2D eigenvalue weighted by molar-refractivity contribution is 0.221. The molecule has 3 nitrogen and oxygen atoms in total. The number of halogens is 1. The summed E-state index contributed by atoms with van der Waals surface area (Å²) in [4.78, 5) is 2.64. The summed E-state index contributed by atoms with van der Waals surface area (Å²) >= 11 is 5.88. The minimum Gasteiger partial charge on any atom is -0.314 e. The van der Waals surface area contributed by atoms with E-state index in [1.165, 1.54) is 25.1 Å². The fourth-order valence-corrected chi connectivity index (χ4v) is 3.04. The van der Waals surface area contributed by atoms with Gasteiger partial charge < -0.3 is 10.6 Å². The molecule has 0 amide bonds. The zero-order chi connectivity index (χ0) is 13.1. The van der Waals surface area contributed by atoms with Crippen molar-refractivity contribution in [3.05, 3.63) is 34.9 Å². The van der Waals surface area contributed by atoms with Crippen LogP contribution in [0.15, 0.2) is 24.3 Å². The number of hydrogen-bond acceptors (Lipinski definition) is 3. The van der Waals surface area contributed by atoms with Crippen LogP contribution < -0.4 is 10.6 Å². The maximum atomic E-state index is 5.88. The largest absolute Gasteiger partial charge is 0.314 e. The van der Waals surface area contributed by atoms with Crippen LogP contribution in [-0.4, -0.2) is 43.7 Å². The maximum Gasteiger partial charge on any atom is 0.0406 e. The monoisotopic (exact) mass is 279 g/mol. The van der Waals surface area contributed by atoms with Crippen molar-refractivity contribution in [2.75, 3.05) is 32.7 Å². The van der Waals surface area contributed by atoms with Crippen molar-refractivity contribution in [3.8, 4) is 0 Å². The van der Waals surface area contributed by atoms with Crippen molar-refractivity contribution in [1.29, 1.82) is 0 Å². The van der Waals surface area contributed by atoms with Crippen LogP contribution in [0.3, 0.4) is 0 Å². The topological polar surface area (TPSA) is 27.3 Å². The zero-order valence-corrected chi connectivity index (χ0v) is 12.0. The molecule has 0 radical (unpaired) electrons. The second-order valence-electron chi connectivity index (χ2n) is 5.61. The third-order valence-electron chi connectivity index (χ3n) is 4.15. The number of hydrogen-bond donors (Lipinski definition) is 2. The molecule has 19 heavy (non-hydrogen) atoms. The quantitative estimate of drug-likeness (QED) is 0.860. The molecular formula is C15H22ClN3. The van der Waals surface area contributed by atoms with Crippen LogP contribution in [0.5, 0.6) is 0 Å². The second kappa shape index (κ2) is 6.23. The summed E-state index contributed by atoms with van der Waals surface area (Å²) in [5.41, 5.74) is 1.31. The molecule has 1 aromatic rings. The molecule has 0 spiro atoms. The highest BCUT2D eigenvalue weighted by Gasteiger charge is 2.41. The Kier molecular flexibility index (Phi) is 4.38. The van der Waals surface area contributed by atoms with Gasteiger partial charge in [0.1, 0.15) is 0 Å². The van der Waals surface area contributed by atoms with E-state index in [1.807, 2.05) is 12.1 Å². The molecule has 2 fully saturated rings. The molecule has 0 bridgehead atoms. The molecule has 2 aliphatic rings. The smallest absolute Gasteiger partial charge is 0.0406 e. The van der Waals surface area contributed by atoms with Crippen molar-refractivity contribution in [2.45, 2.75) is 19.0 Å². The molecule has 1 aromatic carbocycles. The first kappa shape index (κ1) is 13.4. The minimum atomic E-state index is 0.810. The average Bonchev–Trinajstić information content (AvgIpc) is 3.22. The normalized spacial score (nSPS) is 27.4. The van der Waals surface area contributed by atoms with Gasteiger partial charge in [-0.1, -0.05) is 23.7 Å². The molecule has 2 atom stereocenters. The van der Waals surface area contributed by atoms with Crippen molar-refractivity contribution >= 4 is 11.6 Å². The van der Waals surface area contributed by atoms with Crippen LogP contribution in [0.25, 0.3) is 0 Å². The molecule has 0 aromatic heterocycles. The molecule has 1 aliphatic carbocycles. The Hall–Kier alpha value is -0.610. The Bertz CT molecular complexity index is 400. The number of rotatable bonds is 5. The third kappa shape index (κ3) is 3.69. The van der Waals surface area contributed by atoms with Crippen LogP contribution >= 0.6 is 11.6 Å². The molecule has 1 saturated heterocycles. The van der Waals surface area contributed by atoms with E-state index in [-0.39, 0.29) is 0 Å². The van der Waals surface area contributed by atoms with E-state index in [1.54, 1.807) is 0 Å². The van der Waals surface area contributed by atoms with Crippen molar-refractivity contribution < 1.29 is 0 Å². The first-order valence-corrected chi connectivity index (χ1v) is 7.60. The van der Waals surface area contributed by atoms with E-state index in [0.717, 1.165) is 43.2 Å². The van der Waals surface area contributed by atoms with Crippen molar-refractivity contribution in [3.63, 3.8) is 0 Å². The van der Waals surface area contributed by atoms with Gasteiger partial charge in [0, 0.05) is 43.8 Å². The van der Waals surface area contributed by atoms with Gasteiger partial charge in [0.15, 0.2) is 0 Å². The third-order valence-corrected chi connectivity index (χ3v) is 4.41. The fourth-order valence-electron chi connectivity index (χ4n) is 2.92. The van der Waals surface area contributed by atoms with Gasteiger partial charge in [0.25, 0.3) is 0 Å². The van der Waals surface area contributed by atoms with Gasteiger partial charge in [-0.15, -0.1) is 0 Å². The van der Waals surface area contributed by atoms with Crippen molar-refractivity contribution in [2.24, 2.45) is 5.92 Å². The van der Waals surface area contributed by atoms with Crippen LogP contribution in [0.1, 0.15) is 12.0 Å². The molecule has 0 unspecified atom stereocenters. The zero-order valence-electron chi connectivity index (χ0n) is 11.2. The lowest BCUT2D eigenvalue weighted by Crippen LogP contribution is -2.45. The summed E-state index contributed by atoms with van der Waals surface area (Å²) in [6, 6.07) is 8.93. The summed E-state index contributed by atoms with van der Waals surface area (Å²) in [5.74, 6) is 0.852. The van der Waals surface area contributed by atoms with Gasteiger partial charge in [-0.2, -0.15) is 0 Å². The number of benzene rings is 1. The number of piperazine rings is 1. The molecule has 104 valence electrons. The molecule has 4 heteroatoms. The minimum absolute atomic E-state index is 0.810. The summed E-state index contributed by atoms with van der Waals surface area (Å²) in [5, 5.41) is 7.79. The van der Waals surface area contributed by atoms with Gasteiger partial charge in [-0.05, 0) is 36.6 Å². The summed E-state index contributed by atoms with van der Waals surface area (Å²) in [6.45, 7) is 6.83. The Morgan fingerprint density at radius 3 is 2.68 bits per heavy atom. The van der Waals surface area contributed by atoms with E-state index < -0.39 is 0 Å². The lowest BCUT2D eigenvalue weighted by Gasteiger charge is -2.27. The first-order valence-electron chi connectivity index (χ1n) is 7.23. The molecule has 3 rings (SSSR count). The van der Waals surface area contributed by atoms with Crippen LogP contribution in [-0.2, 0) is 6.54 Å². The van der Waals surface area contributed by atoms with Gasteiger partial charge in [0.05, 0.1) is 0 Å². The highest BCUT2D eigenvalue weighted by atomic mass is 35.5. The Morgan fingerprint density at radius 2 is 1.95 bits per heavy atom. The van der Waals surface area contributed by atoms with Crippen molar-refractivity contribution in [1.82, 2.24) is 15.5 Å². The predicted molar refractivity (Wildman–Crippen MR) is 79.5 cm³/mol. The Morgan fingerprint density at radius 1 is 1.21 bits per heavy atom. The van der Waals surface area contributed by atoms with E-state index in [2.05, 4.69) is 27.7 Å². The van der Waals surface area contributed by atoms with E-state index in [0.29, 0.717) is 0 Å². The molecule has 1 heterocycles. The highest BCUT2D eigenvalue weighted by Crippen LogP contribution is 2.35. The van der Waals surface area contributed by atoms with Gasteiger partial charge in [-0.3, -0.25) is 4.90 Å². The fraction of sp³-hybridized carbons (Fsp3) is 0.600. The summed E-state index contributed by atoms with van der Waals surface area (Å²) in [7, 11) is 0. The molecule has 1 saturated carbocycles. The van der Waals surface area contributed by atoms with E-state index in [4.69, 9.17) is 11.6 Å². The van der Waals surface area contributed by atoms with E-state index in [9.17, 15) is 0 Å². The summed E-state index contributed by atoms with van der Waals surface area (Å²) < 4.78 is 0. The standard InChI is InChI=1S/C15H22ClN3/c16-14-3-1-12(2-4-14)10-18-11-13-9-15(13)19-7-5-17-6-8-19/h1-4,13,15,17-18H,5-11H2/t13-,15-/m1/s1. The molecular weight excluding hydrogens is 258 g/mol. The van der Waals surface area contributed by atoms with E-state index >= 15 is 0 Å². The number of nitrogens with zero attached hydrogens (tertiary/aromatic N) is 1. The lowest BCUT2D eigenvalue weighted by atomic mass is 10.2. The number of nitrogens with one attached hydrogen (secondary N) is 2. The average molecular weight is 280 g/mol. The highest BCUT2D eigenvalue weighted by molar-refractivity contribution is 6.30. The second-order valence-corrected chi connectivity index (χ2v) is 6.04.